The number of hydrogen-bond acceptors (Lipinski definition) is 3. The van der Waals surface area contributed by atoms with Gasteiger partial charge in [-0.15, -0.1) is 0 Å². The molecule has 1 aliphatic rings. The van der Waals surface area contributed by atoms with Crippen LogP contribution in [0, 0.1) is 17.2 Å². The van der Waals surface area contributed by atoms with Gasteiger partial charge in [-0.2, -0.15) is 5.26 Å². The number of nitrogens with one attached hydrogen (secondary N) is 1. The Kier molecular flexibility index (Phi) is 5.58. The van der Waals surface area contributed by atoms with E-state index in [2.05, 4.69) is 18.3 Å². The molecule has 0 spiro atoms. The van der Waals surface area contributed by atoms with Crippen LogP contribution in [0.1, 0.15) is 56.3 Å². The summed E-state index contributed by atoms with van der Waals surface area (Å²) < 4.78 is 0. The maximum Gasteiger partial charge on any atom is 0.0991 e. The molecule has 1 saturated carbocycles. The van der Waals surface area contributed by atoms with E-state index >= 15 is 0 Å². The highest BCUT2D eigenvalue weighted by molar-refractivity contribution is 5.32. The molecule has 3 unspecified atom stereocenters. The highest BCUT2D eigenvalue weighted by Crippen LogP contribution is 2.27. The molecule has 3 atom stereocenters. The molecule has 2 N–H and O–H groups in total. The highest BCUT2D eigenvalue weighted by atomic mass is 16.3. The maximum absolute atomic E-state index is 10.2. The quantitative estimate of drug-likeness (QED) is 0.865. The van der Waals surface area contributed by atoms with E-state index in [9.17, 15) is 5.11 Å². The van der Waals surface area contributed by atoms with Gasteiger partial charge in [0.15, 0.2) is 0 Å². The van der Waals surface area contributed by atoms with Crippen molar-refractivity contribution < 1.29 is 5.11 Å². The minimum Gasteiger partial charge on any atom is -0.387 e. The Bertz CT molecular complexity index is 449. The summed E-state index contributed by atoms with van der Waals surface area (Å²) >= 11 is 0. The van der Waals surface area contributed by atoms with Crippen LogP contribution in [0.25, 0.3) is 0 Å². The molecule has 0 aromatic heterocycles. The molecule has 0 heterocycles. The van der Waals surface area contributed by atoms with Crippen LogP contribution in [0.15, 0.2) is 24.3 Å². The second-order valence-corrected chi connectivity index (χ2v) is 5.72. The molecule has 3 nitrogen and oxygen atoms in total. The first-order chi connectivity index (χ1) is 9.74. The monoisotopic (exact) mass is 272 g/mol. The minimum atomic E-state index is -0.498. The van der Waals surface area contributed by atoms with Crippen LogP contribution in [0.3, 0.4) is 0 Å². The average molecular weight is 272 g/mol. The standard InChI is InChI=1S/C17H24N2O/c1-2-14-5-3-4-6-16(14)19-12-17(20)15-9-7-13(11-18)8-10-15/h7-10,14,16-17,19-20H,2-6,12H2,1H3. The molecule has 0 radical (unpaired) electrons. The van der Waals surface area contributed by atoms with Crippen molar-refractivity contribution in [2.75, 3.05) is 6.54 Å². The van der Waals surface area contributed by atoms with E-state index in [0.717, 1.165) is 11.5 Å². The highest BCUT2D eigenvalue weighted by Gasteiger charge is 2.23. The first-order valence-electron chi connectivity index (χ1n) is 7.66. The average Bonchev–Trinajstić information content (AvgIpc) is 2.53. The summed E-state index contributed by atoms with van der Waals surface area (Å²) in [5.41, 5.74) is 1.51. The van der Waals surface area contributed by atoms with E-state index in [-0.39, 0.29) is 0 Å². The molecule has 20 heavy (non-hydrogen) atoms. The Balaban J connectivity index is 1.87. The molecule has 1 aromatic rings. The number of nitriles is 1. The summed E-state index contributed by atoms with van der Waals surface area (Å²) in [4.78, 5) is 0. The molecule has 3 heteroatoms. The van der Waals surface area contributed by atoms with E-state index in [1.807, 2.05) is 12.1 Å². The predicted molar refractivity (Wildman–Crippen MR) is 80.2 cm³/mol. The van der Waals surface area contributed by atoms with Gasteiger partial charge in [0.2, 0.25) is 0 Å². The third-order valence-corrected chi connectivity index (χ3v) is 4.43. The van der Waals surface area contributed by atoms with Gasteiger partial charge in [0, 0.05) is 12.6 Å². The van der Waals surface area contributed by atoms with Crippen molar-refractivity contribution in [2.45, 2.75) is 51.2 Å². The van der Waals surface area contributed by atoms with Crippen LogP contribution in [0.4, 0.5) is 0 Å². The molecule has 2 rings (SSSR count). The normalized spacial score (nSPS) is 24.1. The lowest BCUT2D eigenvalue weighted by molar-refractivity contribution is 0.154. The fraction of sp³-hybridized carbons (Fsp3) is 0.588. The minimum absolute atomic E-state index is 0.498. The SMILES string of the molecule is CCC1CCCCC1NCC(O)c1ccc(C#N)cc1. The zero-order valence-electron chi connectivity index (χ0n) is 12.2. The van der Waals surface area contributed by atoms with Gasteiger partial charge in [-0.05, 0) is 36.5 Å². The lowest BCUT2D eigenvalue weighted by Gasteiger charge is -2.32. The molecule has 1 aromatic carbocycles. The largest absolute Gasteiger partial charge is 0.387 e. The maximum atomic E-state index is 10.2. The second kappa shape index (κ2) is 7.42. The zero-order chi connectivity index (χ0) is 14.4. The van der Waals surface area contributed by atoms with Crippen molar-refractivity contribution in [3.05, 3.63) is 35.4 Å². The van der Waals surface area contributed by atoms with Crippen LogP contribution >= 0.6 is 0 Å². The summed E-state index contributed by atoms with van der Waals surface area (Å²) in [7, 11) is 0. The van der Waals surface area contributed by atoms with Gasteiger partial charge in [-0.1, -0.05) is 38.3 Å². The van der Waals surface area contributed by atoms with Gasteiger partial charge in [0.25, 0.3) is 0 Å². The molecule has 108 valence electrons. The van der Waals surface area contributed by atoms with Gasteiger partial charge in [-0.3, -0.25) is 0 Å². The number of aliphatic hydroxyl groups excluding tert-OH is 1. The third kappa shape index (κ3) is 3.82. The summed E-state index contributed by atoms with van der Waals surface area (Å²) in [5.74, 6) is 0.747. The van der Waals surface area contributed by atoms with Gasteiger partial charge in [0.05, 0.1) is 17.7 Å². The summed E-state index contributed by atoms with van der Waals surface area (Å²) in [6.45, 7) is 2.84. The number of aliphatic hydroxyl groups is 1. The predicted octanol–water partition coefficient (Wildman–Crippen LogP) is 3.15. The van der Waals surface area contributed by atoms with Crippen molar-refractivity contribution >= 4 is 0 Å². The third-order valence-electron chi connectivity index (χ3n) is 4.43. The molecule has 1 fully saturated rings. The van der Waals surface area contributed by atoms with Crippen molar-refractivity contribution in [3.8, 4) is 6.07 Å². The van der Waals surface area contributed by atoms with Crippen LogP contribution in [-0.4, -0.2) is 17.7 Å². The zero-order valence-corrected chi connectivity index (χ0v) is 12.2. The van der Waals surface area contributed by atoms with Gasteiger partial charge in [0.1, 0.15) is 0 Å². The topological polar surface area (TPSA) is 56.0 Å². The smallest absolute Gasteiger partial charge is 0.0991 e. The molecule has 1 aliphatic carbocycles. The van der Waals surface area contributed by atoms with Crippen molar-refractivity contribution in [1.82, 2.24) is 5.32 Å². The Morgan fingerprint density at radius 3 is 2.65 bits per heavy atom. The summed E-state index contributed by atoms with van der Waals surface area (Å²) in [6.07, 6.45) is 5.88. The van der Waals surface area contributed by atoms with Crippen LogP contribution in [-0.2, 0) is 0 Å². The number of rotatable bonds is 5. The number of benzene rings is 1. The van der Waals surface area contributed by atoms with Crippen LogP contribution < -0.4 is 5.32 Å². The van der Waals surface area contributed by atoms with Crippen molar-refractivity contribution in [3.63, 3.8) is 0 Å². The molecule has 0 aliphatic heterocycles. The molecule has 0 saturated heterocycles. The van der Waals surface area contributed by atoms with E-state index < -0.39 is 6.10 Å². The summed E-state index contributed by atoms with van der Waals surface area (Å²) in [6, 6.07) is 9.82. The lowest BCUT2D eigenvalue weighted by Crippen LogP contribution is -2.40. The first-order valence-corrected chi connectivity index (χ1v) is 7.66. The summed E-state index contributed by atoms with van der Waals surface area (Å²) in [5, 5.41) is 22.5. The fourth-order valence-corrected chi connectivity index (χ4v) is 3.13. The van der Waals surface area contributed by atoms with E-state index in [1.165, 1.54) is 32.1 Å². The van der Waals surface area contributed by atoms with Crippen LogP contribution in [0.2, 0.25) is 0 Å². The second-order valence-electron chi connectivity index (χ2n) is 5.72. The first kappa shape index (κ1) is 15.0. The Labute approximate surface area is 121 Å². The lowest BCUT2D eigenvalue weighted by atomic mass is 9.83. The molecular weight excluding hydrogens is 248 g/mol. The molecule has 0 amide bonds. The Morgan fingerprint density at radius 1 is 1.30 bits per heavy atom. The fourth-order valence-electron chi connectivity index (χ4n) is 3.13. The Morgan fingerprint density at radius 2 is 2.00 bits per heavy atom. The molecule has 0 bridgehead atoms. The van der Waals surface area contributed by atoms with Crippen molar-refractivity contribution in [1.29, 1.82) is 5.26 Å². The van der Waals surface area contributed by atoms with Gasteiger partial charge >= 0.3 is 0 Å². The number of hydrogen-bond donors (Lipinski definition) is 2. The Hall–Kier alpha value is -1.37. The van der Waals surface area contributed by atoms with Crippen LogP contribution in [0.5, 0.6) is 0 Å². The van der Waals surface area contributed by atoms with E-state index in [4.69, 9.17) is 5.26 Å². The molecular formula is C17H24N2O. The van der Waals surface area contributed by atoms with Gasteiger partial charge in [-0.25, -0.2) is 0 Å². The van der Waals surface area contributed by atoms with Crippen molar-refractivity contribution in [2.24, 2.45) is 5.92 Å². The van der Waals surface area contributed by atoms with Gasteiger partial charge < -0.3 is 10.4 Å². The number of nitrogens with zero attached hydrogens (tertiary/aromatic N) is 1. The van der Waals surface area contributed by atoms with E-state index in [0.29, 0.717) is 18.2 Å². The van der Waals surface area contributed by atoms with E-state index in [1.54, 1.807) is 12.1 Å².